The predicted molar refractivity (Wildman–Crippen MR) is 98.6 cm³/mol. The van der Waals surface area contributed by atoms with Gasteiger partial charge in [-0.2, -0.15) is 13.2 Å². The van der Waals surface area contributed by atoms with E-state index in [4.69, 9.17) is 11.6 Å². The number of piperidine rings is 1. The smallest absolute Gasteiger partial charge is 0.351 e. The normalized spacial score (nSPS) is 25.7. The van der Waals surface area contributed by atoms with Crippen LogP contribution in [-0.4, -0.2) is 61.2 Å². The van der Waals surface area contributed by atoms with Crippen LogP contribution in [0.2, 0.25) is 5.02 Å². The number of halogens is 4. The second-order valence-corrected chi connectivity index (χ2v) is 7.98. The summed E-state index contributed by atoms with van der Waals surface area (Å²) >= 11 is 5.97. The second kappa shape index (κ2) is 8.37. The van der Waals surface area contributed by atoms with E-state index in [0.717, 1.165) is 18.5 Å². The third kappa shape index (κ3) is 5.36. The van der Waals surface area contributed by atoms with Crippen LogP contribution < -0.4 is 5.32 Å². The van der Waals surface area contributed by atoms with E-state index < -0.39 is 12.7 Å². The van der Waals surface area contributed by atoms with E-state index in [1.807, 2.05) is 31.3 Å². The van der Waals surface area contributed by atoms with Gasteiger partial charge in [0.05, 0.1) is 12.6 Å². The molecule has 0 saturated carbocycles. The molecule has 8 heteroatoms. The number of likely N-dealkylation sites (tertiary alicyclic amines) is 2. The van der Waals surface area contributed by atoms with Crippen molar-refractivity contribution in [2.45, 2.75) is 37.5 Å². The molecule has 0 aliphatic carbocycles. The average molecular weight is 404 g/mol. The van der Waals surface area contributed by atoms with Crippen LogP contribution in [0, 0.1) is 5.92 Å². The number of rotatable bonds is 4. The highest BCUT2D eigenvalue weighted by Gasteiger charge is 2.37. The standard InChI is InChI=1S/C19H25ClF3N3O/c1-25-9-8-16(17(25)13-2-4-15(20)5-3-13)24-18(27)14-6-10-26(11-7-14)12-19(21,22)23/h2-5,14,16-17H,6-12H2,1H3,(H,24,27)/t16-,17+/m1/s1. The minimum Gasteiger partial charge on any atom is -0.351 e. The van der Waals surface area contributed by atoms with Crippen LogP contribution in [0.1, 0.15) is 30.9 Å². The zero-order chi connectivity index (χ0) is 19.6. The molecule has 4 nitrogen and oxygen atoms in total. The third-order valence-corrected chi connectivity index (χ3v) is 5.80. The first-order chi connectivity index (χ1) is 12.7. The molecular weight excluding hydrogens is 379 g/mol. The quantitative estimate of drug-likeness (QED) is 0.836. The molecule has 1 amide bonds. The number of amides is 1. The van der Waals surface area contributed by atoms with Crippen molar-refractivity contribution in [1.82, 2.24) is 15.1 Å². The number of likely N-dealkylation sites (N-methyl/N-ethyl adjacent to an activating group) is 1. The van der Waals surface area contributed by atoms with Gasteiger partial charge in [-0.05, 0) is 57.1 Å². The van der Waals surface area contributed by atoms with E-state index in [9.17, 15) is 18.0 Å². The van der Waals surface area contributed by atoms with Crippen molar-refractivity contribution >= 4 is 17.5 Å². The molecule has 0 unspecified atom stereocenters. The van der Waals surface area contributed by atoms with Gasteiger partial charge in [-0.1, -0.05) is 23.7 Å². The largest absolute Gasteiger partial charge is 0.401 e. The maximum atomic E-state index is 12.7. The van der Waals surface area contributed by atoms with Crippen molar-refractivity contribution in [3.63, 3.8) is 0 Å². The molecule has 2 aliphatic rings. The van der Waals surface area contributed by atoms with Gasteiger partial charge in [0.1, 0.15) is 0 Å². The number of carbonyl (C=O) groups excluding carboxylic acids is 1. The number of hydrogen-bond donors (Lipinski definition) is 1. The Balaban J connectivity index is 1.56. The van der Waals surface area contributed by atoms with Crippen LogP contribution >= 0.6 is 11.6 Å². The molecule has 2 fully saturated rings. The van der Waals surface area contributed by atoms with Crippen LogP contribution in [0.15, 0.2) is 24.3 Å². The lowest BCUT2D eigenvalue weighted by molar-refractivity contribution is -0.149. The summed E-state index contributed by atoms with van der Waals surface area (Å²) in [5.41, 5.74) is 1.10. The van der Waals surface area contributed by atoms with Gasteiger partial charge in [-0.15, -0.1) is 0 Å². The van der Waals surface area contributed by atoms with Crippen molar-refractivity contribution in [3.8, 4) is 0 Å². The molecule has 2 heterocycles. The summed E-state index contributed by atoms with van der Waals surface area (Å²) in [6, 6.07) is 7.72. The lowest BCUT2D eigenvalue weighted by Crippen LogP contribution is -2.46. The van der Waals surface area contributed by atoms with E-state index in [1.54, 1.807) is 0 Å². The van der Waals surface area contributed by atoms with E-state index >= 15 is 0 Å². The van der Waals surface area contributed by atoms with Crippen LogP contribution in [-0.2, 0) is 4.79 Å². The Morgan fingerprint density at radius 1 is 1.15 bits per heavy atom. The predicted octanol–water partition coefficient (Wildman–Crippen LogP) is 3.48. The molecule has 2 saturated heterocycles. The molecule has 1 aromatic rings. The Morgan fingerprint density at radius 2 is 1.78 bits per heavy atom. The van der Waals surface area contributed by atoms with Crippen LogP contribution in [0.4, 0.5) is 13.2 Å². The molecule has 0 radical (unpaired) electrons. The first kappa shape index (κ1) is 20.4. The molecule has 3 rings (SSSR count). The van der Waals surface area contributed by atoms with E-state index in [-0.39, 0.29) is 23.9 Å². The van der Waals surface area contributed by atoms with Crippen molar-refractivity contribution in [1.29, 1.82) is 0 Å². The summed E-state index contributed by atoms with van der Waals surface area (Å²) in [6.45, 7) is 0.598. The van der Waals surface area contributed by atoms with E-state index in [0.29, 0.717) is 31.0 Å². The van der Waals surface area contributed by atoms with E-state index in [2.05, 4.69) is 10.2 Å². The summed E-state index contributed by atoms with van der Waals surface area (Å²) in [4.78, 5) is 16.3. The first-order valence-electron chi connectivity index (χ1n) is 9.28. The van der Waals surface area contributed by atoms with Crippen molar-refractivity contribution in [2.24, 2.45) is 5.92 Å². The lowest BCUT2D eigenvalue weighted by atomic mass is 9.94. The third-order valence-electron chi connectivity index (χ3n) is 5.55. The zero-order valence-corrected chi connectivity index (χ0v) is 16.1. The highest BCUT2D eigenvalue weighted by atomic mass is 35.5. The summed E-state index contributed by atoms with van der Waals surface area (Å²) in [5.74, 6) is -0.257. The maximum Gasteiger partial charge on any atom is 0.401 e. The molecule has 27 heavy (non-hydrogen) atoms. The van der Waals surface area contributed by atoms with Gasteiger partial charge in [0.2, 0.25) is 5.91 Å². The van der Waals surface area contributed by atoms with E-state index in [1.165, 1.54) is 4.90 Å². The number of hydrogen-bond acceptors (Lipinski definition) is 3. The van der Waals surface area contributed by atoms with Gasteiger partial charge in [-0.3, -0.25) is 14.6 Å². The first-order valence-corrected chi connectivity index (χ1v) is 9.66. The second-order valence-electron chi connectivity index (χ2n) is 7.55. The van der Waals surface area contributed by atoms with Gasteiger partial charge in [0.25, 0.3) is 0 Å². The summed E-state index contributed by atoms with van der Waals surface area (Å²) < 4.78 is 37.5. The molecule has 2 atom stereocenters. The van der Waals surface area contributed by atoms with Crippen LogP contribution in [0.5, 0.6) is 0 Å². The maximum absolute atomic E-state index is 12.7. The average Bonchev–Trinajstić information content (AvgIpc) is 2.95. The van der Waals surface area contributed by atoms with Crippen molar-refractivity contribution in [3.05, 3.63) is 34.9 Å². The molecule has 1 aromatic carbocycles. The molecule has 0 spiro atoms. The molecule has 150 valence electrons. The highest BCUT2D eigenvalue weighted by Crippen LogP contribution is 2.32. The minimum atomic E-state index is -4.19. The topological polar surface area (TPSA) is 35.6 Å². The molecule has 2 aliphatic heterocycles. The van der Waals surface area contributed by atoms with Gasteiger partial charge < -0.3 is 5.32 Å². The SMILES string of the molecule is CN1CC[C@@H](NC(=O)C2CCN(CC(F)(F)F)CC2)[C@@H]1c1ccc(Cl)cc1. The lowest BCUT2D eigenvalue weighted by Gasteiger charge is -2.33. The monoisotopic (exact) mass is 403 g/mol. The zero-order valence-electron chi connectivity index (χ0n) is 15.3. The van der Waals surface area contributed by atoms with Crippen molar-refractivity contribution in [2.75, 3.05) is 33.2 Å². The molecule has 0 aromatic heterocycles. The summed E-state index contributed by atoms with van der Waals surface area (Å²) in [7, 11) is 2.03. The van der Waals surface area contributed by atoms with Gasteiger partial charge in [-0.25, -0.2) is 0 Å². The summed E-state index contributed by atoms with van der Waals surface area (Å²) in [5, 5.41) is 3.82. The Labute approximate surface area is 162 Å². The number of nitrogens with one attached hydrogen (secondary N) is 1. The Hall–Kier alpha value is -1.31. The molecular formula is C19H25ClF3N3O. The number of carbonyl (C=O) groups is 1. The van der Waals surface area contributed by atoms with Crippen molar-refractivity contribution < 1.29 is 18.0 Å². The fourth-order valence-electron chi connectivity index (χ4n) is 4.15. The Kier molecular flexibility index (Phi) is 6.33. The minimum absolute atomic E-state index is 0.00289. The van der Waals surface area contributed by atoms with Crippen LogP contribution in [0.25, 0.3) is 0 Å². The number of benzene rings is 1. The van der Waals surface area contributed by atoms with Gasteiger partial charge in [0.15, 0.2) is 0 Å². The fraction of sp³-hybridized carbons (Fsp3) is 0.632. The number of nitrogens with zero attached hydrogens (tertiary/aromatic N) is 2. The molecule has 0 bridgehead atoms. The summed E-state index contributed by atoms with van der Waals surface area (Å²) in [6.07, 6.45) is -2.40. The van der Waals surface area contributed by atoms with Gasteiger partial charge >= 0.3 is 6.18 Å². The number of alkyl halides is 3. The van der Waals surface area contributed by atoms with Gasteiger partial charge in [0, 0.05) is 23.5 Å². The Bertz CT molecular complexity index is 645. The Morgan fingerprint density at radius 3 is 2.37 bits per heavy atom. The molecule has 1 N–H and O–H groups in total. The van der Waals surface area contributed by atoms with Crippen LogP contribution in [0.3, 0.4) is 0 Å². The fourth-order valence-corrected chi connectivity index (χ4v) is 4.28. The highest BCUT2D eigenvalue weighted by molar-refractivity contribution is 6.30.